The predicted octanol–water partition coefficient (Wildman–Crippen LogP) is 4.76. The zero-order chi connectivity index (χ0) is 9.80. The maximum absolute atomic E-state index is 6.12. The number of halogens is 1. The van der Waals surface area contributed by atoms with Crippen LogP contribution in [0.3, 0.4) is 0 Å². The van der Waals surface area contributed by atoms with E-state index in [1.165, 1.54) is 37.0 Å². The van der Waals surface area contributed by atoms with Crippen LogP contribution in [0.5, 0.6) is 0 Å². The Bertz CT molecular complexity index is 292. The lowest BCUT2D eigenvalue weighted by molar-refractivity contribution is 0.516. The van der Waals surface area contributed by atoms with Crippen molar-refractivity contribution in [1.29, 1.82) is 0 Å². The van der Waals surface area contributed by atoms with E-state index in [0.717, 1.165) is 10.3 Å². The van der Waals surface area contributed by atoms with Gasteiger partial charge in [0, 0.05) is 10.1 Å². The van der Waals surface area contributed by atoms with E-state index in [2.05, 4.69) is 12.1 Å². The van der Waals surface area contributed by atoms with Gasteiger partial charge in [-0.15, -0.1) is 11.8 Å². The van der Waals surface area contributed by atoms with Gasteiger partial charge in [0.25, 0.3) is 0 Å². The molecule has 14 heavy (non-hydrogen) atoms. The standard InChI is InChI=1S/C12H15ClS/c13-11-8-4-5-9-12(11)14-10-6-2-1-3-7-10/h4-5,8-10H,1-3,6-7H2. The summed E-state index contributed by atoms with van der Waals surface area (Å²) >= 11 is 8.08. The summed E-state index contributed by atoms with van der Waals surface area (Å²) in [6, 6.07) is 8.17. The highest BCUT2D eigenvalue weighted by atomic mass is 35.5. The molecule has 1 aromatic carbocycles. The highest BCUT2D eigenvalue weighted by Gasteiger charge is 2.15. The van der Waals surface area contributed by atoms with E-state index in [1.807, 2.05) is 23.9 Å². The van der Waals surface area contributed by atoms with Gasteiger partial charge in [-0.1, -0.05) is 43.0 Å². The van der Waals surface area contributed by atoms with Crippen LogP contribution >= 0.6 is 23.4 Å². The second-order valence-corrected chi connectivity index (χ2v) is 5.56. The van der Waals surface area contributed by atoms with E-state index in [0.29, 0.717) is 0 Å². The van der Waals surface area contributed by atoms with Crippen LogP contribution in [0.1, 0.15) is 32.1 Å². The second kappa shape index (κ2) is 5.09. The average Bonchev–Trinajstić information content (AvgIpc) is 2.23. The van der Waals surface area contributed by atoms with E-state index < -0.39 is 0 Å². The molecule has 2 heteroatoms. The molecule has 0 heterocycles. The van der Waals surface area contributed by atoms with Crippen molar-refractivity contribution in [3.8, 4) is 0 Å². The summed E-state index contributed by atoms with van der Waals surface area (Å²) in [7, 11) is 0. The van der Waals surface area contributed by atoms with Crippen molar-refractivity contribution in [3.63, 3.8) is 0 Å². The van der Waals surface area contributed by atoms with Crippen molar-refractivity contribution < 1.29 is 0 Å². The lowest BCUT2D eigenvalue weighted by Gasteiger charge is -2.21. The van der Waals surface area contributed by atoms with Crippen LogP contribution < -0.4 is 0 Å². The van der Waals surface area contributed by atoms with Gasteiger partial charge in [0.15, 0.2) is 0 Å². The van der Waals surface area contributed by atoms with Gasteiger partial charge in [0.05, 0.1) is 5.02 Å². The Hall–Kier alpha value is -0.140. The molecule has 0 bridgehead atoms. The fourth-order valence-corrected chi connectivity index (χ4v) is 3.44. The van der Waals surface area contributed by atoms with Gasteiger partial charge in [0.1, 0.15) is 0 Å². The van der Waals surface area contributed by atoms with E-state index in [9.17, 15) is 0 Å². The minimum Gasteiger partial charge on any atom is -0.121 e. The number of benzene rings is 1. The summed E-state index contributed by atoms with van der Waals surface area (Å²) in [5.74, 6) is 0. The third kappa shape index (κ3) is 2.68. The Labute approximate surface area is 95.0 Å². The molecule has 0 saturated heterocycles. The normalized spacial score (nSPS) is 18.4. The molecule has 2 rings (SSSR count). The van der Waals surface area contributed by atoms with Crippen LogP contribution in [-0.2, 0) is 0 Å². The first-order valence-corrected chi connectivity index (χ1v) is 6.53. The molecule has 0 N–H and O–H groups in total. The van der Waals surface area contributed by atoms with Gasteiger partial charge in [-0.25, -0.2) is 0 Å². The zero-order valence-electron chi connectivity index (χ0n) is 8.21. The van der Waals surface area contributed by atoms with E-state index in [-0.39, 0.29) is 0 Å². The Morgan fingerprint density at radius 3 is 2.50 bits per heavy atom. The fraction of sp³-hybridized carbons (Fsp3) is 0.500. The van der Waals surface area contributed by atoms with E-state index >= 15 is 0 Å². The molecule has 1 aliphatic rings. The highest BCUT2D eigenvalue weighted by molar-refractivity contribution is 8.00. The molecule has 1 saturated carbocycles. The molecule has 0 radical (unpaired) electrons. The molecule has 0 nitrogen and oxygen atoms in total. The zero-order valence-corrected chi connectivity index (χ0v) is 9.78. The monoisotopic (exact) mass is 226 g/mol. The van der Waals surface area contributed by atoms with Crippen molar-refractivity contribution in [3.05, 3.63) is 29.3 Å². The third-order valence-electron chi connectivity index (χ3n) is 2.68. The smallest absolute Gasteiger partial charge is 0.0541 e. The Balaban J connectivity index is 1.99. The van der Waals surface area contributed by atoms with Crippen LogP contribution in [0.4, 0.5) is 0 Å². The SMILES string of the molecule is Clc1ccccc1SC1CCCCC1. The molecule has 1 aliphatic carbocycles. The van der Waals surface area contributed by atoms with Gasteiger partial charge in [-0.05, 0) is 25.0 Å². The first kappa shape index (κ1) is 10.4. The number of hydrogen-bond donors (Lipinski definition) is 0. The van der Waals surface area contributed by atoms with Crippen molar-refractivity contribution >= 4 is 23.4 Å². The summed E-state index contributed by atoms with van der Waals surface area (Å²) in [6.45, 7) is 0. The minimum absolute atomic E-state index is 0.795. The fourth-order valence-electron chi connectivity index (χ4n) is 1.90. The van der Waals surface area contributed by atoms with Crippen LogP contribution in [0.2, 0.25) is 5.02 Å². The molecule has 0 amide bonds. The van der Waals surface area contributed by atoms with Gasteiger partial charge in [0.2, 0.25) is 0 Å². The van der Waals surface area contributed by atoms with E-state index in [4.69, 9.17) is 11.6 Å². The molecule has 0 aliphatic heterocycles. The molecule has 0 spiro atoms. The summed E-state index contributed by atoms with van der Waals surface area (Å²) in [4.78, 5) is 1.25. The first-order chi connectivity index (χ1) is 6.86. The Kier molecular flexibility index (Phi) is 3.77. The number of thioether (sulfide) groups is 1. The van der Waals surface area contributed by atoms with Crippen LogP contribution in [-0.4, -0.2) is 5.25 Å². The summed E-state index contributed by atoms with van der Waals surface area (Å²) in [5.41, 5.74) is 0. The molecule has 0 unspecified atom stereocenters. The maximum atomic E-state index is 6.12. The Morgan fingerprint density at radius 1 is 1.07 bits per heavy atom. The van der Waals surface area contributed by atoms with Crippen molar-refractivity contribution in [2.75, 3.05) is 0 Å². The summed E-state index contributed by atoms with van der Waals surface area (Å²) in [6.07, 6.45) is 6.91. The lowest BCUT2D eigenvalue weighted by Crippen LogP contribution is -2.07. The van der Waals surface area contributed by atoms with Crippen molar-refractivity contribution in [1.82, 2.24) is 0 Å². The van der Waals surface area contributed by atoms with Gasteiger partial charge >= 0.3 is 0 Å². The van der Waals surface area contributed by atoms with Gasteiger partial charge in [-0.2, -0.15) is 0 Å². The molecule has 76 valence electrons. The van der Waals surface area contributed by atoms with Crippen LogP contribution in [0.25, 0.3) is 0 Å². The summed E-state index contributed by atoms with van der Waals surface area (Å²) in [5, 5.41) is 1.70. The molecule has 1 aromatic rings. The molecular weight excluding hydrogens is 212 g/mol. The topological polar surface area (TPSA) is 0 Å². The highest BCUT2D eigenvalue weighted by Crippen LogP contribution is 2.36. The molecule has 0 aromatic heterocycles. The number of rotatable bonds is 2. The summed E-state index contributed by atoms with van der Waals surface area (Å²) < 4.78 is 0. The molecular formula is C12H15ClS. The lowest BCUT2D eigenvalue weighted by atomic mass is 10.0. The van der Waals surface area contributed by atoms with Crippen molar-refractivity contribution in [2.24, 2.45) is 0 Å². The quantitative estimate of drug-likeness (QED) is 0.701. The van der Waals surface area contributed by atoms with Crippen LogP contribution in [0, 0.1) is 0 Å². The van der Waals surface area contributed by atoms with Gasteiger partial charge < -0.3 is 0 Å². The first-order valence-electron chi connectivity index (χ1n) is 5.27. The van der Waals surface area contributed by atoms with Crippen molar-refractivity contribution in [2.45, 2.75) is 42.2 Å². The maximum Gasteiger partial charge on any atom is 0.0541 e. The minimum atomic E-state index is 0.795. The van der Waals surface area contributed by atoms with Crippen LogP contribution in [0.15, 0.2) is 29.2 Å². The number of hydrogen-bond acceptors (Lipinski definition) is 1. The Morgan fingerprint density at radius 2 is 1.79 bits per heavy atom. The molecule has 0 atom stereocenters. The largest absolute Gasteiger partial charge is 0.121 e. The predicted molar refractivity (Wildman–Crippen MR) is 64.2 cm³/mol. The second-order valence-electron chi connectivity index (χ2n) is 3.81. The van der Waals surface area contributed by atoms with E-state index in [1.54, 1.807) is 0 Å². The van der Waals surface area contributed by atoms with Gasteiger partial charge in [-0.3, -0.25) is 0 Å². The third-order valence-corrected chi connectivity index (χ3v) is 4.54. The average molecular weight is 227 g/mol. The molecule has 1 fully saturated rings.